The normalized spacial score (nSPS) is 27.5. The van der Waals surface area contributed by atoms with E-state index in [-0.39, 0.29) is 36.4 Å². The number of carbonyl (C=O) groups excluding carboxylic acids is 2. The second kappa shape index (κ2) is 5.88. The van der Waals surface area contributed by atoms with Crippen molar-refractivity contribution in [2.75, 3.05) is 30.5 Å². The SMILES string of the molecule is CC(C)(C)OC(=O)N1CCN(C(=O)CCl)[C@@H]2CS(=O)(=O)C[C@@H]21. The number of nitrogens with zero attached hydrogens (tertiary/aromatic N) is 2. The smallest absolute Gasteiger partial charge is 0.410 e. The maximum absolute atomic E-state index is 12.3. The van der Waals surface area contributed by atoms with E-state index < -0.39 is 33.6 Å². The highest BCUT2D eigenvalue weighted by molar-refractivity contribution is 7.91. The molecule has 22 heavy (non-hydrogen) atoms. The molecule has 0 aliphatic carbocycles. The van der Waals surface area contributed by atoms with Gasteiger partial charge in [0.2, 0.25) is 5.91 Å². The number of amides is 2. The molecular formula is C13H21ClN2O5S. The number of hydrogen-bond donors (Lipinski definition) is 0. The van der Waals surface area contributed by atoms with Crippen LogP contribution in [0.15, 0.2) is 0 Å². The van der Waals surface area contributed by atoms with Gasteiger partial charge in [-0.15, -0.1) is 11.6 Å². The summed E-state index contributed by atoms with van der Waals surface area (Å²) >= 11 is 5.59. The van der Waals surface area contributed by atoms with Crippen LogP contribution in [0.3, 0.4) is 0 Å². The summed E-state index contributed by atoms with van der Waals surface area (Å²) in [5.74, 6) is -0.796. The molecule has 2 rings (SSSR count). The first kappa shape index (κ1) is 17.3. The minimum atomic E-state index is -3.30. The van der Waals surface area contributed by atoms with E-state index in [1.165, 1.54) is 9.80 Å². The van der Waals surface area contributed by atoms with E-state index in [2.05, 4.69) is 0 Å². The molecule has 0 aromatic heterocycles. The number of sulfone groups is 1. The van der Waals surface area contributed by atoms with E-state index in [0.29, 0.717) is 0 Å². The summed E-state index contributed by atoms with van der Waals surface area (Å²) in [7, 11) is -3.30. The molecule has 0 radical (unpaired) electrons. The second-order valence-corrected chi connectivity index (χ2v) is 9.03. The van der Waals surface area contributed by atoms with Gasteiger partial charge in [-0.05, 0) is 20.8 Å². The van der Waals surface area contributed by atoms with Crippen LogP contribution in [0, 0.1) is 0 Å². The lowest BCUT2D eigenvalue weighted by Gasteiger charge is -2.43. The van der Waals surface area contributed by atoms with E-state index in [0.717, 1.165) is 0 Å². The molecule has 0 unspecified atom stereocenters. The van der Waals surface area contributed by atoms with Gasteiger partial charge in [-0.2, -0.15) is 0 Å². The Morgan fingerprint density at radius 2 is 1.64 bits per heavy atom. The molecule has 0 saturated carbocycles. The molecule has 9 heteroatoms. The molecular weight excluding hydrogens is 332 g/mol. The van der Waals surface area contributed by atoms with Crippen LogP contribution in [0.4, 0.5) is 4.79 Å². The Morgan fingerprint density at radius 3 is 2.14 bits per heavy atom. The van der Waals surface area contributed by atoms with Crippen LogP contribution in [0.25, 0.3) is 0 Å². The highest BCUT2D eigenvalue weighted by Gasteiger charge is 2.50. The number of halogens is 1. The molecule has 0 spiro atoms. The van der Waals surface area contributed by atoms with Crippen LogP contribution < -0.4 is 0 Å². The molecule has 2 saturated heterocycles. The molecule has 126 valence electrons. The lowest BCUT2D eigenvalue weighted by molar-refractivity contribution is -0.134. The number of ether oxygens (including phenoxy) is 1. The lowest BCUT2D eigenvalue weighted by atomic mass is 10.1. The predicted octanol–water partition coefficient (Wildman–Crippen LogP) is 0.470. The fourth-order valence-corrected chi connectivity index (χ4v) is 5.02. The molecule has 2 amide bonds. The van der Waals surface area contributed by atoms with Crippen LogP contribution in [0.1, 0.15) is 20.8 Å². The van der Waals surface area contributed by atoms with Crippen LogP contribution in [0.5, 0.6) is 0 Å². The van der Waals surface area contributed by atoms with Crippen molar-refractivity contribution in [3.8, 4) is 0 Å². The van der Waals surface area contributed by atoms with Crippen molar-refractivity contribution >= 4 is 33.4 Å². The Bertz CT molecular complexity index is 571. The van der Waals surface area contributed by atoms with E-state index in [4.69, 9.17) is 16.3 Å². The first-order valence-electron chi connectivity index (χ1n) is 7.09. The Morgan fingerprint density at radius 1 is 1.14 bits per heavy atom. The first-order valence-corrected chi connectivity index (χ1v) is 9.45. The minimum Gasteiger partial charge on any atom is -0.444 e. The summed E-state index contributed by atoms with van der Waals surface area (Å²) in [6.07, 6.45) is -0.544. The molecule has 0 aromatic carbocycles. The van der Waals surface area contributed by atoms with E-state index in [9.17, 15) is 18.0 Å². The summed E-state index contributed by atoms with van der Waals surface area (Å²) in [4.78, 5) is 27.1. The fourth-order valence-electron chi connectivity index (χ4n) is 2.89. The average molecular weight is 353 g/mol. The number of piperazine rings is 1. The van der Waals surface area contributed by atoms with E-state index in [1.807, 2.05) is 0 Å². The highest BCUT2D eigenvalue weighted by Crippen LogP contribution is 2.28. The predicted molar refractivity (Wildman–Crippen MR) is 81.6 cm³/mol. The number of carbonyl (C=O) groups is 2. The zero-order valence-electron chi connectivity index (χ0n) is 12.9. The summed E-state index contributed by atoms with van der Waals surface area (Å²) in [6.45, 7) is 5.76. The topological polar surface area (TPSA) is 84.0 Å². The molecule has 2 heterocycles. The molecule has 2 fully saturated rings. The van der Waals surface area contributed by atoms with Crippen LogP contribution >= 0.6 is 11.6 Å². The molecule has 0 bridgehead atoms. The maximum atomic E-state index is 12.3. The van der Waals surface area contributed by atoms with Gasteiger partial charge in [0.15, 0.2) is 9.84 Å². The zero-order chi connectivity index (χ0) is 16.7. The quantitative estimate of drug-likeness (QED) is 0.640. The third-order valence-electron chi connectivity index (χ3n) is 3.74. The highest BCUT2D eigenvalue weighted by atomic mass is 35.5. The largest absolute Gasteiger partial charge is 0.444 e. The number of fused-ring (bicyclic) bond motifs is 1. The number of rotatable bonds is 1. The summed E-state index contributed by atoms with van der Waals surface area (Å²) < 4.78 is 29.3. The number of alkyl halides is 1. The van der Waals surface area contributed by atoms with Crippen LogP contribution in [-0.4, -0.2) is 78.4 Å². The maximum Gasteiger partial charge on any atom is 0.410 e. The van der Waals surface area contributed by atoms with Crippen molar-refractivity contribution in [2.24, 2.45) is 0 Å². The van der Waals surface area contributed by atoms with Gasteiger partial charge in [0.05, 0.1) is 23.6 Å². The Hall–Kier alpha value is -1.02. The van der Waals surface area contributed by atoms with Crippen molar-refractivity contribution in [3.63, 3.8) is 0 Å². The Kier molecular flexibility index (Phi) is 4.64. The third-order valence-corrected chi connectivity index (χ3v) is 5.67. The fraction of sp³-hybridized carbons (Fsp3) is 0.846. The zero-order valence-corrected chi connectivity index (χ0v) is 14.5. The first-order chi connectivity index (χ1) is 10.0. The molecule has 2 aliphatic rings. The Labute approximate surface area is 135 Å². The van der Waals surface area contributed by atoms with Crippen molar-refractivity contribution in [1.29, 1.82) is 0 Å². The van der Waals surface area contributed by atoms with Crippen LogP contribution in [0.2, 0.25) is 0 Å². The van der Waals surface area contributed by atoms with Crippen molar-refractivity contribution < 1.29 is 22.7 Å². The van der Waals surface area contributed by atoms with Crippen molar-refractivity contribution in [1.82, 2.24) is 9.80 Å². The average Bonchev–Trinajstić information content (AvgIpc) is 2.69. The number of hydrogen-bond acceptors (Lipinski definition) is 5. The van der Waals surface area contributed by atoms with Gasteiger partial charge in [0.1, 0.15) is 11.5 Å². The van der Waals surface area contributed by atoms with Gasteiger partial charge >= 0.3 is 6.09 Å². The monoisotopic (exact) mass is 352 g/mol. The van der Waals surface area contributed by atoms with Gasteiger partial charge < -0.3 is 14.5 Å². The molecule has 2 atom stereocenters. The molecule has 7 nitrogen and oxygen atoms in total. The van der Waals surface area contributed by atoms with E-state index in [1.54, 1.807) is 20.8 Å². The lowest BCUT2D eigenvalue weighted by Crippen LogP contribution is -2.62. The van der Waals surface area contributed by atoms with Crippen molar-refractivity contribution in [2.45, 2.75) is 38.5 Å². The van der Waals surface area contributed by atoms with E-state index >= 15 is 0 Å². The molecule has 0 aromatic rings. The van der Waals surface area contributed by atoms with Gasteiger partial charge in [-0.25, -0.2) is 13.2 Å². The molecule has 0 N–H and O–H groups in total. The van der Waals surface area contributed by atoms with Crippen molar-refractivity contribution in [3.05, 3.63) is 0 Å². The second-order valence-electron chi connectivity index (χ2n) is 6.61. The standard InChI is InChI=1S/C13H21ClN2O5S/c1-13(2,3)21-12(18)16-5-4-15(11(17)6-14)9-7-22(19,20)8-10(9)16/h9-10H,4-8H2,1-3H3/t9-,10+/m1/s1. The molecule has 2 aliphatic heterocycles. The third kappa shape index (κ3) is 3.65. The summed E-state index contributed by atoms with van der Waals surface area (Å²) in [5, 5.41) is 0. The summed E-state index contributed by atoms with van der Waals surface area (Å²) in [6, 6.07) is -1.11. The Balaban J connectivity index is 2.23. The summed E-state index contributed by atoms with van der Waals surface area (Å²) in [5.41, 5.74) is -0.660. The van der Waals surface area contributed by atoms with Crippen LogP contribution in [-0.2, 0) is 19.4 Å². The minimum absolute atomic E-state index is 0.139. The van der Waals surface area contributed by atoms with Gasteiger partial charge in [0.25, 0.3) is 0 Å². The van der Waals surface area contributed by atoms with Gasteiger partial charge in [-0.1, -0.05) is 0 Å². The van der Waals surface area contributed by atoms with Gasteiger partial charge in [0, 0.05) is 13.1 Å². The van der Waals surface area contributed by atoms with Gasteiger partial charge in [-0.3, -0.25) is 4.79 Å².